The molecule has 1 aliphatic rings. The summed E-state index contributed by atoms with van der Waals surface area (Å²) in [6.07, 6.45) is 2.31. The molecule has 1 amide bonds. The van der Waals surface area contributed by atoms with Crippen molar-refractivity contribution < 1.29 is 24.2 Å². The summed E-state index contributed by atoms with van der Waals surface area (Å²) in [5.41, 5.74) is 0.196. The molecule has 0 atom stereocenters. The number of hydrogen-bond acceptors (Lipinski definition) is 5. The van der Waals surface area contributed by atoms with Crippen LogP contribution in [0.2, 0.25) is 0 Å². The summed E-state index contributed by atoms with van der Waals surface area (Å²) in [7, 11) is 1.43. The van der Waals surface area contributed by atoms with Gasteiger partial charge in [0.1, 0.15) is 12.2 Å². The number of aromatic nitrogens is 1. The number of pyridine rings is 1. The monoisotopic (exact) mass is 316 g/mol. The summed E-state index contributed by atoms with van der Waals surface area (Å²) < 4.78 is 11.3. The first kappa shape index (κ1) is 15.1. The Bertz CT molecular complexity index is 774. The van der Waals surface area contributed by atoms with E-state index in [4.69, 9.17) is 14.6 Å². The zero-order valence-electron chi connectivity index (χ0n) is 12.6. The molecule has 7 heteroatoms. The maximum Gasteiger partial charge on any atom is 0.323 e. The Morgan fingerprint density at radius 1 is 1.26 bits per heavy atom. The third-order valence-electron chi connectivity index (χ3n) is 3.55. The Morgan fingerprint density at radius 3 is 2.65 bits per heavy atom. The van der Waals surface area contributed by atoms with Gasteiger partial charge in [-0.05, 0) is 23.6 Å². The van der Waals surface area contributed by atoms with Crippen molar-refractivity contribution in [3.8, 4) is 11.5 Å². The zero-order valence-corrected chi connectivity index (χ0v) is 12.6. The smallest absolute Gasteiger partial charge is 0.323 e. The minimum Gasteiger partial charge on any atom is -0.490 e. The van der Waals surface area contributed by atoms with Crippen LogP contribution in [0.25, 0.3) is 10.8 Å². The highest BCUT2D eigenvalue weighted by atomic mass is 16.5. The van der Waals surface area contributed by atoms with Crippen molar-refractivity contribution in [3.63, 3.8) is 0 Å². The Labute approximate surface area is 132 Å². The van der Waals surface area contributed by atoms with Gasteiger partial charge in [0.15, 0.2) is 11.5 Å². The van der Waals surface area contributed by atoms with Crippen LogP contribution in [0.15, 0.2) is 24.4 Å². The van der Waals surface area contributed by atoms with Crippen molar-refractivity contribution in [2.75, 3.05) is 26.8 Å². The van der Waals surface area contributed by atoms with Gasteiger partial charge < -0.3 is 19.5 Å². The molecular formula is C16H16N2O5. The van der Waals surface area contributed by atoms with Gasteiger partial charge in [-0.25, -0.2) is 0 Å². The first-order chi connectivity index (χ1) is 11.1. The number of benzene rings is 1. The number of carboxylic acid groups (broad SMARTS) is 1. The average Bonchev–Trinajstić information content (AvgIpc) is 2.75. The van der Waals surface area contributed by atoms with E-state index in [-0.39, 0.29) is 12.2 Å². The maximum absolute atomic E-state index is 12.5. The minimum absolute atomic E-state index is 0.196. The number of nitrogens with zero attached hydrogens (tertiary/aromatic N) is 2. The Balaban J connectivity index is 2.05. The number of carboxylic acids is 1. The van der Waals surface area contributed by atoms with E-state index in [1.807, 2.05) is 6.07 Å². The number of rotatable bonds is 3. The fraction of sp³-hybridized carbons (Fsp3) is 0.312. The molecule has 2 aromatic rings. The van der Waals surface area contributed by atoms with E-state index in [1.165, 1.54) is 13.2 Å². The topological polar surface area (TPSA) is 89.0 Å². The second kappa shape index (κ2) is 6.12. The molecule has 120 valence electrons. The molecule has 0 fully saturated rings. The summed E-state index contributed by atoms with van der Waals surface area (Å²) in [6.45, 7) is 0.735. The number of aliphatic carboxylic acids is 1. The number of carbonyl (C=O) groups excluding carboxylic acids is 1. The van der Waals surface area contributed by atoms with Crippen LogP contribution in [-0.4, -0.2) is 53.7 Å². The van der Waals surface area contributed by atoms with E-state index >= 15 is 0 Å². The molecule has 2 heterocycles. The molecule has 23 heavy (non-hydrogen) atoms. The number of amides is 1. The fourth-order valence-corrected chi connectivity index (χ4v) is 2.45. The van der Waals surface area contributed by atoms with Crippen LogP contribution in [0.4, 0.5) is 0 Å². The second-order valence-electron chi connectivity index (χ2n) is 5.29. The minimum atomic E-state index is -1.08. The van der Waals surface area contributed by atoms with Crippen molar-refractivity contribution in [2.45, 2.75) is 6.42 Å². The molecule has 1 aromatic carbocycles. The van der Waals surface area contributed by atoms with Crippen molar-refractivity contribution in [1.29, 1.82) is 0 Å². The van der Waals surface area contributed by atoms with Gasteiger partial charge in [0, 0.05) is 25.1 Å². The lowest BCUT2D eigenvalue weighted by Crippen LogP contribution is -2.32. The SMILES string of the molecule is CN(CC(=O)O)C(=O)c1nccc2cc3c(cc12)OCCCO3. The van der Waals surface area contributed by atoms with Crippen LogP contribution in [-0.2, 0) is 4.79 Å². The van der Waals surface area contributed by atoms with Gasteiger partial charge in [0.25, 0.3) is 5.91 Å². The molecule has 0 spiro atoms. The van der Waals surface area contributed by atoms with Gasteiger partial charge in [0.05, 0.1) is 13.2 Å². The van der Waals surface area contributed by atoms with E-state index in [1.54, 1.807) is 12.1 Å². The van der Waals surface area contributed by atoms with Gasteiger partial charge in [-0.1, -0.05) is 0 Å². The predicted molar refractivity (Wildman–Crippen MR) is 81.9 cm³/mol. The van der Waals surface area contributed by atoms with Crippen LogP contribution in [0.5, 0.6) is 11.5 Å². The summed E-state index contributed by atoms with van der Waals surface area (Å²) in [4.78, 5) is 28.5. The lowest BCUT2D eigenvalue weighted by atomic mass is 10.1. The number of fused-ring (bicyclic) bond motifs is 2. The van der Waals surface area contributed by atoms with E-state index < -0.39 is 11.9 Å². The van der Waals surface area contributed by atoms with Crippen LogP contribution < -0.4 is 9.47 Å². The van der Waals surface area contributed by atoms with Gasteiger partial charge in [-0.3, -0.25) is 14.6 Å². The summed E-state index contributed by atoms with van der Waals surface area (Å²) in [5, 5.41) is 10.2. The molecule has 0 saturated heterocycles. The van der Waals surface area contributed by atoms with Gasteiger partial charge in [-0.15, -0.1) is 0 Å². The molecule has 0 unspecified atom stereocenters. The van der Waals surface area contributed by atoms with Gasteiger partial charge in [-0.2, -0.15) is 0 Å². The second-order valence-corrected chi connectivity index (χ2v) is 5.29. The molecule has 1 aliphatic heterocycles. The highest BCUT2D eigenvalue weighted by Crippen LogP contribution is 2.35. The molecule has 7 nitrogen and oxygen atoms in total. The van der Waals surface area contributed by atoms with Gasteiger partial charge in [0.2, 0.25) is 0 Å². The van der Waals surface area contributed by atoms with E-state index in [0.29, 0.717) is 30.1 Å². The van der Waals surface area contributed by atoms with Crippen molar-refractivity contribution in [2.24, 2.45) is 0 Å². The van der Waals surface area contributed by atoms with Crippen LogP contribution >= 0.6 is 0 Å². The average molecular weight is 316 g/mol. The van der Waals surface area contributed by atoms with Gasteiger partial charge >= 0.3 is 5.97 Å². The normalized spacial score (nSPS) is 13.4. The Kier molecular flexibility index (Phi) is 4.01. The van der Waals surface area contributed by atoms with E-state index in [0.717, 1.165) is 16.7 Å². The summed E-state index contributed by atoms with van der Waals surface area (Å²) >= 11 is 0. The standard InChI is InChI=1S/C16H16N2O5/c1-18(9-14(19)20)16(21)15-11-8-13-12(22-5-2-6-23-13)7-10(11)3-4-17-15/h3-4,7-8H,2,5-6,9H2,1H3,(H,19,20). The van der Waals surface area contributed by atoms with E-state index in [2.05, 4.69) is 4.98 Å². The van der Waals surface area contributed by atoms with Crippen LogP contribution in [0, 0.1) is 0 Å². The third-order valence-corrected chi connectivity index (χ3v) is 3.55. The van der Waals surface area contributed by atoms with Crippen molar-refractivity contribution in [3.05, 3.63) is 30.1 Å². The largest absolute Gasteiger partial charge is 0.490 e. The molecule has 0 bridgehead atoms. The maximum atomic E-state index is 12.5. The third kappa shape index (κ3) is 3.03. The van der Waals surface area contributed by atoms with Crippen molar-refractivity contribution >= 4 is 22.6 Å². The van der Waals surface area contributed by atoms with Crippen LogP contribution in [0.1, 0.15) is 16.9 Å². The predicted octanol–water partition coefficient (Wildman–Crippen LogP) is 1.55. The number of ether oxygens (including phenoxy) is 2. The first-order valence-corrected chi connectivity index (χ1v) is 7.22. The summed E-state index contributed by atoms with van der Waals surface area (Å²) in [5.74, 6) is -0.324. The quantitative estimate of drug-likeness (QED) is 0.924. The molecule has 3 rings (SSSR count). The molecular weight excluding hydrogens is 300 g/mol. The first-order valence-electron chi connectivity index (χ1n) is 7.22. The van der Waals surface area contributed by atoms with Crippen molar-refractivity contribution in [1.82, 2.24) is 9.88 Å². The van der Waals surface area contributed by atoms with E-state index in [9.17, 15) is 9.59 Å². The molecule has 0 radical (unpaired) electrons. The Morgan fingerprint density at radius 2 is 1.96 bits per heavy atom. The number of likely N-dealkylation sites (N-methyl/N-ethyl adjacent to an activating group) is 1. The molecule has 1 N–H and O–H groups in total. The lowest BCUT2D eigenvalue weighted by Gasteiger charge is -2.16. The summed E-state index contributed by atoms with van der Waals surface area (Å²) in [6, 6.07) is 5.31. The number of hydrogen-bond donors (Lipinski definition) is 1. The lowest BCUT2D eigenvalue weighted by molar-refractivity contribution is -0.137. The molecule has 1 aromatic heterocycles. The number of carbonyl (C=O) groups is 2. The fourth-order valence-electron chi connectivity index (χ4n) is 2.45. The highest BCUT2D eigenvalue weighted by Gasteiger charge is 2.20. The molecule has 0 aliphatic carbocycles. The Hall–Kier alpha value is -2.83. The highest BCUT2D eigenvalue weighted by molar-refractivity contribution is 6.06. The zero-order chi connectivity index (χ0) is 16.4. The molecule has 0 saturated carbocycles. The van der Waals surface area contributed by atoms with Crippen LogP contribution in [0.3, 0.4) is 0 Å².